The Morgan fingerprint density at radius 2 is 2.06 bits per heavy atom. The van der Waals surface area contributed by atoms with Crippen molar-refractivity contribution in [3.05, 3.63) is 35.2 Å². The Kier molecular flexibility index (Phi) is 3.59. The Labute approximate surface area is 101 Å². The first-order valence-corrected chi connectivity index (χ1v) is 6.40. The Bertz CT molecular complexity index is 462. The second kappa shape index (κ2) is 4.95. The van der Waals surface area contributed by atoms with Crippen LogP contribution in [0, 0.1) is 0 Å². The van der Waals surface area contributed by atoms with Gasteiger partial charge in [-0.15, -0.1) is 11.3 Å². The molecule has 0 saturated carbocycles. The number of rotatable bonds is 4. The van der Waals surface area contributed by atoms with Crippen molar-refractivity contribution >= 4 is 21.4 Å². The predicted molar refractivity (Wildman–Crippen MR) is 72.1 cm³/mol. The van der Waals surface area contributed by atoms with Crippen LogP contribution in [0.3, 0.4) is 0 Å². The van der Waals surface area contributed by atoms with Crippen LogP contribution < -0.4 is 5.73 Å². The SMILES string of the molecule is CN(C)CC(N)Cc1csc2ccccc12. The molecule has 2 nitrogen and oxygen atoms in total. The lowest BCUT2D eigenvalue weighted by atomic mass is 10.1. The largest absolute Gasteiger partial charge is 0.326 e. The molecule has 1 unspecified atom stereocenters. The first-order chi connectivity index (χ1) is 7.66. The van der Waals surface area contributed by atoms with Crippen LogP contribution in [0.5, 0.6) is 0 Å². The molecule has 1 aromatic heterocycles. The van der Waals surface area contributed by atoms with Gasteiger partial charge in [0.1, 0.15) is 0 Å². The van der Waals surface area contributed by atoms with Gasteiger partial charge >= 0.3 is 0 Å². The molecule has 0 amide bonds. The molecule has 2 aromatic rings. The minimum Gasteiger partial charge on any atom is -0.326 e. The number of nitrogens with two attached hydrogens (primary N) is 1. The molecule has 1 aromatic carbocycles. The van der Waals surface area contributed by atoms with Crippen molar-refractivity contribution in [3.8, 4) is 0 Å². The number of hydrogen-bond acceptors (Lipinski definition) is 3. The Hall–Kier alpha value is -0.900. The highest BCUT2D eigenvalue weighted by molar-refractivity contribution is 7.17. The first kappa shape index (κ1) is 11.6. The van der Waals surface area contributed by atoms with E-state index < -0.39 is 0 Å². The van der Waals surface area contributed by atoms with Crippen LogP contribution in [0.2, 0.25) is 0 Å². The smallest absolute Gasteiger partial charge is 0.0345 e. The molecule has 16 heavy (non-hydrogen) atoms. The Balaban J connectivity index is 2.15. The van der Waals surface area contributed by atoms with Gasteiger partial charge in [-0.2, -0.15) is 0 Å². The zero-order valence-electron chi connectivity index (χ0n) is 9.81. The second-order valence-corrected chi connectivity index (χ2v) is 5.39. The van der Waals surface area contributed by atoms with Crippen molar-refractivity contribution in [2.24, 2.45) is 5.73 Å². The maximum Gasteiger partial charge on any atom is 0.0345 e. The van der Waals surface area contributed by atoms with E-state index in [4.69, 9.17) is 5.73 Å². The second-order valence-electron chi connectivity index (χ2n) is 4.48. The molecule has 0 bridgehead atoms. The summed E-state index contributed by atoms with van der Waals surface area (Å²) in [5.74, 6) is 0. The molecule has 0 fully saturated rings. The van der Waals surface area contributed by atoms with Gasteiger partial charge in [-0.3, -0.25) is 0 Å². The fourth-order valence-electron chi connectivity index (χ4n) is 2.01. The quantitative estimate of drug-likeness (QED) is 0.880. The summed E-state index contributed by atoms with van der Waals surface area (Å²) in [5, 5.41) is 3.60. The molecule has 0 spiro atoms. The van der Waals surface area contributed by atoms with Crippen molar-refractivity contribution in [3.63, 3.8) is 0 Å². The van der Waals surface area contributed by atoms with E-state index in [9.17, 15) is 0 Å². The van der Waals surface area contributed by atoms with Gasteiger partial charge in [0, 0.05) is 17.3 Å². The predicted octanol–water partition coefficient (Wildman–Crippen LogP) is 2.33. The van der Waals surface area contributed by atoms with Crippen molar-refractivity contribution < 1.29 is 0 Å². The molecule has 0 aliphatic heterocycles. The third kappa shape index (κ3) is 2.61. The fraction of sp³-hybridized carbons (Fsp3) is 0.385. The topological polar surface area (TPSA) is 29.3 Å². The summed E-state index contributed by atoms with van der Waals surface area (Å²) in [5.41, 5.74) is 7.50. The number of benzene rings is 1. The van der Waals surface area contributed by atoms with Gasteiger partial charge in [-0.25, -0.2) is 0 Å². The summed E-state index contributed by atoms with van der Waals surface area (Å²) in [6.07, 6.45) is 0.961. The lowest BCUT2D eigenvalue weighted by molar-refractivity contribution is 0.371. The van der Waals surface area contributed by atoms with E-state index in [2.05, 4.69) is 48.6 Å². The molecule has 2 rings (SSSR count). The highest BCUT2D eigenvalue weighted by Crippen LogP contribution is 2.26. The molecule has 0 aliphatic carbocycles. The lowest BCUT2D eigenvalue weighted by Gasteiger charge is -2.16. The van der Waals surface area contributed by atoms with Crippen LogP contribution in [-0.4, -0.2) is 31.6 Å². The average molecular weight is 234 g/mol. The van der Waals surface area contributed by atoms with E-state index >= 15 is 0 Å². The minimum atomic E-state index is 0.216. The molecule has 86 valence electrons. The first-order valence-electron chi connectivity index (χ1n) is 5.52. The highest BCUT2D eigenvalue weighted by atomic mass is 32.1. The van der Waals surface area contributed by atoms with Gasteiger partial charge in [-0.1, -0.05) is 18.2 Å². The number of nitrogens with zero attached hydrogens (tertiary/aromatic N) is 1. The van der Waals surface area contributed by atoms with Gasteiger partial charge in [0.05, 0.1) is 0 Å². The lowest BCUT2D eigenvalue weighted by Crippen LogP contribution is -2.34. The molecule has 0 saturated heterocycles. The van der Waals surface area contributed by atoms with Gasteiger partial charge in [-0.05, 0) is 42.9 Å². The fourth-order valence-corrected chi connectivity index (χ4v) is 2.98. The average Bonchev–Trinajstić information content (AvgIpc) is 2.61. The highest BCUT2D eigenvalue weighted by Gasteiger charge is 2.09. The van der Waals surface area contributed by atoms with E-state index in [1.165, 1.54) is 15.6 Å². The molecular weight excluding hydrogens is 216 g/mol. The van der Waals surface area contributed by atoms with E-state index in [1.807, 2.05) is 0 Å². The summed E-state index contributed by atoms with van der Waals surface area (Å²) < 4.78 is 1.36. The molecule has 1 heterocycles. The van der Waals surface area contributed by atoms with Crippen LogP contribution in [0.15, 0.2) is 29.6 Å². The van der Waals surface area contributed by atoms with Crippen molar-refractivity contribution in [1.82, 2.24) is 4.90 Å². The third-order valence-electron chi connectivity index (χ3n) is 2.64. The summed E-state index contributed by atoms with van der Waals surface area (Å²) >= 11 is 1.81. The summed E-state index contributed by atoms with van der Waals surface area (Å²) in [7, 11) is 4.12. The van der Waals surface area contributed by atoms with Crippen LogP contribution in [-0.2, 0) is 6.42 Å². The van der Waals surface area contributed by atoms with Crippen LogP contribution in [0.1, 0.15) is 5.56 Å². The minimum absolute atomic E-state index is 0.216. The van der Waals surface area contributed by atoms with Crippen molar-refractivity contribution in [2.75, 3.05) is 20.6 Å². The maximum atomic E-state index is 6.12. The van der Waals surface area contributed by atoms with Gasteiger partial charge < -0.3 is 10.6 Å². The number of thiophene rings is 1. The van der Waals surface area contributed by atoms with Crippen molar-refractivity contribution in [1.29, 1.82) is 0 Å². The van der Waals surface area contributed by atoms with Crippen molar-refractivity contribution in [2.45, 2.75) is 12.5 Å². The molecular formula is C13H18N2S. The van der Waals surface area contributed by atoms with E-state index in [0.717, 1.165) is 13.0 Å². The standard InChI is InChI=1S/C13H18N2S/c1-15(2)8-11(14)7-10-9-16-13-6-4-3-5-12(10)13/h3-6,9,11H,7-8,14H2,1-2H3. The summed E-state index contributed by atoms with van der Waals surface area (Å²) in [4.78, 5) is 2.14. The normalized spacial score (nSPS) is 13.5. The van der Waals surface area contributed by atoms with Crippen LogP contribution >= 0.6 is 11.3 Å². The zero-order chi connectivity index (χ0) is 11.5. The number of fused-ring (bicyclic) bond motifs is 1. The Morgan fingerprint density at radius 3 is 2.81 bits per heavy atom. The van der Waals surface area contributed by atoms with Gasteiger partial charge in [0.25, 0.3) is 0 Å². The molecule has 3 heteroatoms. The molecule has 0 aliphatic rings. The molecule has 2 N–H and O–H groups in total. The van der Waals surface area contributed by atoms with Gasteiger partial charge in [0.2, 0.25) is 0 Å². The number of likely N-dealkylation sites (N-methyl/N-ethyl adjacent to an activating group) is 1. The summed E-state index contributed by atoms with van der Waals surface area (Å²) in [6.45, 7) is 0.935. The van der Waals surface area contributed by atoms with E-state index in [1.54, 1.807) is 11.3 Å². The third-order valence-corrected chi connectivity index (χ3v) is 3.66. The Morgan fingerprint density at radius 1 is 1.31 bits per heavy atom. The maximum absolute atomic E-state index is 6.12. The molecule has 0 radical (unpaired) electrons. The zero-order valence-corrected chi connectivity index (χ0v) is 10.6. The monoisotopic (exact) mass is 234 g/mol. The molecule has 1 atom stereocenters. The van der Waals surface area contributed by atoms with Crippen LogP contribution in [0.25, 0.3) is 10.1 Å². The van der Waals surface area contributed by atoms with E-state index in [-0.39, 0.29) is 6.04 Å². The summed E-state index contributed by atoms with van der Waals surface area (Å²) in [6, 6.07) is 8.75. The van der Waals surface area contributed by atoms with E-state index in [0.29, 0.717) is 0 Å². The van der Waals surface area contributed by atoms with Gasteiger partial charge in [0.15, 0.2) is 0 Å². The number of hydrogen-bond donors (Lipinski definition) is 1. The van der Waals surface area contributed by atoms with Crippen LogP contribution in [0.4, 0.5) is 0 Å².